The third kappa shape index (κ3) is 4.31. The summed E-state index contributed by atoms with van der Waals surface area (Å²) in [6.07, 6.45) is 8.97. The van der Waals surface area contributed by atoms with E-state index in [1.54, 1.807) is 0 Å². The Labute approximate surface area is 121 Å². The van der Waals surface area contributed by atoms with Crippen LogP contribution < -0.4 is 5.32 Å². The molecule has 1 unspecified atom stereocenters. The highest BCUT2D eigenvalue weighted by Gasteiger charge is 2.20. The molecule has 1 saturated carbocycles. The number of para-hydroxylation sites is 1. The molecule has 1 aliphatic rings. The highest BCUT2D eigenvalue weighted by Crippen LogP contribution is 2.31. The molecule has 0 bridgehead atoms. The second-order valence-electron chi connectivity index (χ2n) is 5.43. The van der Waals surface area contributed by atoms with Gasteiger partial charge in [0.05, 0.1) is 0 Å². The summed E-state index contributed by atoms with van der Waals surface area (Å²) < 4.78 is 0. The van der Waals surface area contributed by atoms with Crippen LogP contribution in [0.3, 0.4) is 0 Å². The molecule has 2 heteroatoms. The Balaban J connectivity index is 1.98. The standard InChI is InChI=1S/C17H25NS/c1-3-13-19-17-12-8-7-11-16(17)18-14(2)15-9-5-4-6-10-15/h3,7-8,11-12,14-15,18H,1,4-6,9-10,13H2,2H3. The van der Waals surface area contributed by atoms with Crippen LogP contribution in [0.2, 0.25) is 0 Å². The Morgan fingerprint density at radius 3 is 2.79 bits per heavy atom. The molecule has 2 rings (SSSR count). The minimum absolute atomic E-state index is 0.575. The quantitative estimate of drug-likeness (QED) is 0.555. The molecule has 0 aliphatic heterocycles. The first-order chi connectivity index (χ1) is 9.31. The van der Waals surface area contributed by atoms with Crippen LogP contribution in [0, 0.1) is 5.92 Å². The van der Waals surface area contributed by atoms with Gasteiger partial charge in [0.2, 0.25) is 0 Å². The van der Waals surface area contributed by atoms with Crippen molar-refractivity contribution in [1.29, 1.82) is 0 Å². The van der Waals surface area contributed by atoms with Gasteiger partial charge in [-0.3, -0.25) is 0 Å². The summed E-state index contributed by atoms with van der Waals surface area (Å²) in [6, 6.07) is 9.20. The lowest BCUT2D eigenvalue weighted by atomic mass is 9.84. The number of hydrogen-bond donors (Lipinski definition) is 1. The first kappa shape index (κ1) is 14.5. The normalized spacial score (nSPS) is 17.9. The van der Waals surface area contributed by atoms with Crippen LogP contribution in [0.15, 0.2) is 41.8 Å². The van der Waals surface area contributed by atoms with Gasteiger partial charge in [0.15, 0.2) is 0 Å². The van der Waals surface area contributed by atoms with E-state index in [2.05, 4.69) is 43.1 Å². The number of benzene rings is 1. The Hall–Kier alpha value is -0.890. The summed E-state index contributed by atoms with van der Waals surface area (Å²) in [6.45, 7) is 6.14. The molecule has 1 aromatic rings. The van der Waals surface area contributed by atoms with Crippen molar-refractivity contribution in [2.45, 2.75) is 50.0 Å². The Kier molecular flexibility index (Phi) is 5.84. The van der Waals surface area contributed by atoms with E-state index in [4.69, 9.17) is 0 Å². The van der Waals surface area contributed by atoms with Crippen LogP contribution >= 0.6 is 11.8 Å². The Morgan fingerprint density at radius 2 is 2.05 bits per heavy atom. The molecule has 1 nitrogen and oxygen atoms in total. The molecule has 1 fully saturated rings. The lowest BCUT2D eigenvalue weighted by molar-refractivity contribution is 0.328. The second kappa shape index (κ2) is 7.64. The fourth-order valence-electron chi connectivity index (χ4n) is 2.86. The van der Waals surface area contributed by atoms with Gasteiger partial charge in [-0.05, 0) is 37.8 Å². The predicted octanol–water partition coefficient (Wildman–Crippen LogP) is 5.35. The number of nitrogens with one attached hydrogen (secondary N) is 1. The van der Waals surface area contributed by atoms with E-state index in [9.17, 15) is 0 Å². The van der Waals surface area contributed by atoms with Crippen LogP contribution in [0.5, 0.6) is 0 Å². The lowest BCUT2D eigenvalue weighted by Crippen LogP contribution is -2.27. The summed E-state index contributed by atoms with van der Waals surface area (Å²) in [5.74, 6) is 1.81. The Bertz CT molecular complexity index is 396. The molecule has 1 aromatic carbocycles. The van der Waals surface area contributed by atoms with E-state index in [0.717, 1.165) is 11.7 Å². The predicted molar refractivity (Wildman–Crippen MR) is 87.0 cm³/mol. The molecule has 1 atom stereocenters. The first-order valence-electron chi connectivity index (χ1n) is 7.40. The number of thioether (sulfide) groups is 1. The van der Waals surface area contributed by atoms with E-state index in [1.807, 2.05) is 17.8 Å². The van der Waals surface area contributed by atoms with E-state index in [1.165, 1.54) is 42.7 Å². The molecule has 19 heavy (non-hydrogen) atoms. The van der Waals surface area contributed by atoms with Crippen LogP contribution in [0.1, 0.15) is 39.0 Å². The molecule has 0 amide bonds. The van der Waals surface area contributed by atoms with Crippen molar-refractivity contribution >= 4 is 17.4 Å². The van der Waals surface area contributed by atoms with Crippen molar-refractivity contribution in [3.63, 3.8) is 0 Å². The summed E-state index contributed by atoms with van der Waals surface area (Å²) in [5, 5.41) is 3.73. The molecule has 0 radical (unpaired) electrons. The summed E-state index contributed by atoms with van der Waals surface area (Å²) in [4.78, 5) is 1.34. The van der Waals surface area contributed by atoms with Crippen molar-refractivity contribution in [1.82, 2.24) is 0 Å². The zero-order chi connectivity index (χ0) is 13.5. The smallest absolute Gasteiger partial charge is 0.0480 e. The molecule has 0 saturated heterocycles. The van der Waals surface area contributed by atoms with Gasteiger partial charge in [-0.15, -0.1) is 18.3 Å². The molecule has 104 valence electrons. The minimum Gasteiger partial charge on any atom is -0.381 e. The summed E-state index contributed by atoms with van der Waals surface area (Å²) in [7, 11) is 0. The molecule has 1 aliphatic carbocycles. The average Bonchev–Trinajstić information content (AvgIpc) is 2.47. The third-order valence-electron chi connectivity index (χ3n) is 3.98. The largest absolute Gasteiger partial charge is 0.381 e. The van der Waals surface area contributed by atoms with Gasteiger partial charge >= 0.3 is 0 Å². The van der Waals surface area contributed by atoms with Crippen molar-refractivity contribution in [3.8, 4) is 0 Å². The molecule has 0 spiro atoms. The van der Waals surface area contributed by atoms with Gasteiger partial charge in [0.25, 0.3) is 0 Å². The third-order valence-corrected chi connectivity index (χ3v) is 5.05. The minimum atomic E-state index is 0.575. The van der Waals surface area contributed by atoms with Gasteiger partial charge in [-0.2, -0.15) is 0 Å². The van der Waals surface area contributed by atoms with Gasteiger partial charge in [0.1, 0.15) is 0 Å². The maximum absolute atomic E-state index is 3.80. The fourth-order valence-corrected chi connectivity index (χ4v) is 3.61. The van der Waals surface area contributed by atoms with Crippen molar-refractivity contribution in [3.05, 3.63) is 36.9 Å². The summed E-state index contributed by atoms with van der Waals surface area (Å²) >= 11 is 1.86. The maximum atomic E-state index is 3.80. The van der Waals surface area contributed by atoms with Crippen molar-refractivity contribution in [2.75, 3.05) is 11.1 Å². The highest BCUT2D eigenvalue weighted by atomic mass is 32.2. The lowest BCUT2D eigenvalue weighted by Gasteiger charge is -2.29. The molecular weight excluding hydrogens is 250 g/mol. The van der Waals surface area contributed by atoms with Gasteiger partial charge in [-0.1, -0.05) is 37.5 Å². The van der Waals surface area contributed by atoms with Gasteiger partial charge < -0.3 is 5.32 Å². The molecule has 0 aromatic heterocycles. The fraction of sp³-hybridized carbons (Fsp3) is 0.529. The van der Waals surface area contributed by atoms with Gasteiger partial charge in [-0.25, -0.2) is 0 Å². The first-order valence-corrected chi connectivity index (χ1v) is 8.39. The van der Waals surface area contributed by atoms with Crippen LogP contribution in [0.4, 0.5) is 5.69 Å². The topological polar surface area (TPSA) is 12.0 Å². The Morgan fingerprint density at radius 1 is 1.32 bits per heavy atom. The van der Waals surface area contributed by atoms with Crippen molar-refractivity contribution in [2.24, 2.45) is 5.92 Å². The van der Waals surface area contributed by atoms with Crippen molar-refractivity contribution < 1.29 is 0 Å². The maximum Gasteiger partial charge on any atom is 0.0480 e. The number of hydrogen-bond acceptors (Lipinski definition) is 2. The number of anilines is 1. The van der Waals surface area contributed by atoms with Crippen LogP contribution in [-0.2, 0) is 0 Å². The van der Waals surface area contributed by atoms with Crippen LogP contribution in [0.25, 0.3) is 0 Å². The van der Waals surface area contributed by atoms with E-state index >= 15 is 0 Å². The van der Waals surface area contributed by atoms with E-state index in [-0.39, 0.29) is 0 Å². The summed E-state index contributed by atoms with van der Waals surface area (Å²) in [5.41, 5.74) is 1.28. The zero-order valence-electron chi connectivity index (χ0n) is 11.9. The van der Waals surface area contributed by atoms with Crippen LogP contribution in [-0.4, -0.2) is 11.8 Å². The molecule has 0 heterocycles. The van der Waals surface area contributed by atoms with E-state index < -0.39 is 0 Å². The number of rotatable bonds is 6. The van der Waals surface area contributed by atoms with E-state index in [0.29, 0.717) is 6.04 Å². The highest BCUT2D eigenvalue weighted by molar-refractivity contribution is 7.99. The SMILES string of the molecule is C=CCSc1ccccc1NC(C)C1CCCCC1. The monoisotopic (exact) mass is 275 g/mol. The zero-order valence-corrected chi connectivity index (χ0v) is 12.7. The average molecular weight is 275 g/mol. The molecular formula is C17H25NS. The van der Waals surface area contributed by atoms with Gasteiger partial charge in [0, 0.05) is 22.4 Å². The second-order valence-corrected chi connectivity index (χ2v) is 6.49. The molecule has 1 N–H and O–H groups in total.